The van der Waals surface area contributed by atoms with E-state index in [4.69, 9.17) is 9.84 Å². The second kappa shape index (κ2) is 7.98. The lowest BCUT2D eigenvalue weighted by molar-refractivity contribution is -0.139. The smallest absolute Gasteiger partial charge is 0.341 e. The topological polar surface area (TPSA) is 84.7 Å². The van der Waals surface area contributed by atoms with E-state index in [2.05, 4.69) is 4.98 Å². The van der Waals surface area contributed by atoms with Crippen LogP contribution in [-0.4, -0.2) is 33.8 Å². The van der Waals surface area contributed by atoms with Crippen molar-refractivity contribution >= 4 is 28.2 Å². The zero-order valence-electron chi connectivity index (χ0n) is 17.1. The highest BCUT2D eigenvalue weighted by Gasteiger charge is 2.24. The summed E-state index contributed by atoms with van der Waals surface area (Å²) in [4.78, 5) is 29.6. The number of aryl methyl sites for hydroxylation is 3. The molecule has 1 aliphatic heterocycles. The van der Waals surface area contributed by atoms with Crippen LogP contribution >= 0.6 is 0 Å². The number of pyridine rings is 2. The monoisotopic (exact) mass is 429 g/mol. The number of carboxylic acid groups (broad SMARTS) is 1. The molecule has 0 aliphatic carbocycles. The first-order chi connectivity index (χ1) is 14.8. The summed E-state index contributed by atoms with van der Waals surface area (Å²) in [6.45, 7) is 1.72. The zero-order chi connectivity index (χ0) is 22.3. The Balaban J connectivity index is 1.96. The molecule has 2 aromatic heterocycles. The van der Waals surface area contributed by atoms with Crippen molar-refractivity contribution in [3.63, 3.8) is 0 Å². The third-order valence-corrected chi connectivity index (χ3v) is 5.43. The first-order valence-corrected chi connectivity index (χ1v) is 9.79. The third kappa shape index (κ3) is 3.83. The van der Waals surface area contributed by atoms with E-state index in [0.29, 0.717) is 41.1 Å². The van der Waals surface area contributed by atoms with E-state index in [1.807, 2.05) is 4.90 Å². The predicted octanol–water partition coefficient (Wildman–Crippen LogP) is 3.73. The Kier molecular flexibility index (Phi) is 5.34. The maximum Gasteiger partial charge on any atom is 0.341 e. The second-order valence-electron chi connectivity index (χ2n) is 7.54. The number of nitrogens with zero attached hydrogens (tertiary/aromatic N) is 3. The van der Waals surface area contributed by atoms with Gasteiger partial charge in [0.1, 0.15) is 5.75 Å². The fourth-order valence-corrected chi connectivity index (χ4v) is 3.95. The Hall–Kier alpha value is -3.49. The molecular weight excluding hydrogens is 408 g/mol. The maximum atomic E-state index is 13.3. The van der Waals surface area contributed by atoms with Gasteiger partial charge in [-0.1, -0.05) is 0 Å². The average molecular weight is 429 g/mol. The first kappa shape index (κ1) is 20.8. The molecule has 0 saturated carbocycles. The molecule has 0 bridgehead atoms. The zero-order valence-corrected chi connectivity index (χ0v) is 17.1. The SMILES string of the molecule is Cc1cc2c(N3CCCc4ncc(C(F)F)cc43)cc(OCC(=O)O)cc2n(C)c1=O. The Morgan fingerprint density at radius 1 is 1.26 bits per heavy atom. The quantitative estimate of drug-likeness (QED) is 0.665. The van der Waals surface area contributed by atoms with Crippen LogP contribution in [0.25, 0.3) is 10.9 Å². The van der Waals surface area contributed by atoms with Crippen LogP contribution in [-0.2, 0) is 18.3 Å². The molecule has 9 heteroatoms. The number of fused-ring (bicyclic) bond motifs is 2. The number of benzene rings is 1. The number of halogens is 2. The molecule has 0 atom stereocenters. The van der Waals surface area contributed by atoms with Gasteiger partial charge in [0.15, 0.2) is 6.61 Å². The predicted molar refractivity (Wildman–Crippen MR) is 112 cm³/mol. The number of anilines is 2. The fraction of sp³-hybridized carbons (Fsp3) is 0.318. The van der Waals surface area contributed by atoms with E-state index in [-0.39, 0.29) is 16.9 Å². The van der Waals surface area contributed by atoms with Crippen LogP contribution in [0.1, 0.15) is 29.7 Å². The van der Waals surface area contributed by atoms with Gasteiger partial charge in [-0.05, 0) is 31.9 Å². The minimum Gasteiger partial charge on any atom is -0.482 e. The Morgan fingerprint density at radius 3 is 2.74 bits per heavy atom. The molecule has 4 rings (SSSR count). The minimum atomic E-state index is -2.65. The molecule has 7 nitrogen and oxygen atoms in total. The molecular formula is C22H21F2N3O4. The highest BCUT2D eigenvalue weighted by Crippen LogP contribution is 2.40. The van der Waals surface area contributed by atoms with Crippen molar-refractivity contribution in [2.45, 2.75) is 26.2 Å². The molecule has 3 aromatic rings. The van der Waals surface area contributed by atoms with Gasteiger partial charge >= 0.3 is 5.97 Å². The van der Waals surface area contributed by atoms with E-state index in [1.165, 1.54) is 16.8 Å². The number of rotatable bonds is 5. The van der Waals surface area contributed by atoms with Crippen LogP contribution in [0.4, 0.5) is 20.2 Å². The van der Waals surface area contributed by atoms with Crippen LogP contribution in [0.3, 0.4) is 0 Å². The maximum absolute atomic E-state index is 13.3. The van der Waals surface area contributed by atoms with Crippen molar-refractivity contribution in [2.24, 2.45) is 7.05 Å². The fourth-order valence-electron chi connectivity index (χ4n) is 3.95. The molecule has 1 aromatic carbocycles. The highest BCUT2D eigenvalue weighted by molar-refractivity contribution is 5.96. The van der Waals surface area contributed by atoms with Gasteiger partial charge in [0.25, 0.3) is 12.0 Å². The van der Waals surface area contributed by atoms with Crippen molar-refractivity contribution in [3.05, 3.63) is 57.6 Å². The molecule has 1 N–H and O–H groups in total. The highest BCUT2D eigenvalue weighted by atomic mass is 19.3. The Morgan fingerprint density at radius 2 is 2.03 bits per heavy atom. The van der Waals surface area contributed by atoms with E-state index in [9.17, 15) is 18.4 Å². The van der Waals surface area contributed by atoms with Gasteiger partial charge < -0.3 is 19.3 Å². The van der Waals surface area contributed by atoms with Crippen LogP contribution in [0.2, 0.25) is 0 Å². The lowest BCUT2D eigenvalue weighted by atomic mass is 10.0. The van der Waals surface area contributed by atoms with Gasteiger partial charge in [-0.3, -0.25) is 9.78 Å². The molecule has 1 aliphatic rings. The van der Waals surface area contributed by atoms with Crippen LogP contribution in [0.15, 0.2) is 35.3 Å². The number of hydrogen-bond donors (Lipinski definition) is 1. The molecule has 3 heterocycles. The normalized spacial score (nSPS) is 13.5. The summed E-state index contributed by atoms with van der Waals surface area (Å²) in [5, 5.41) is 9.72. The number of aromatic nitrogens is 2. The van der Waals surface area contributed by atoms with Gasteiger partial charge in [0.05, 0.1) is 22.6 Å². The number of hydrogen-bond acceptors (Lipinski definition) is 5. The average Bonchev–Trinajstić information content (AvgIpc) is 2.75. The largest absolute Gasteiger partial charge is 0.482 e. The summed E-state index contributed by atoms with van der Waals surface area (Å²) in [5.41, 5.74) is 2.66. The summed E-state index contributed by atoms with van der Waals surface area (Å²) in [6.07, 6.45) is -0.0159. The third-order valence-electron chi connectivity index (χ3n) is 5.43. The first-order valence-electron chi connectivity index (χ1n) is 9.79. The van der Waals surface area contributed by atoms with E-state index in [0.717, 1.165) is 11.8 Å². The molecule has 0 amide bonds. The number of aliphatic carboxylic acids is 1. The standard InChI is InChI=1S/C22H21F2N3O4/c1-12-6-15-17(26(2)22(12)30)8-14(31-11-20(28)29)9-18(15)27-5-3-4-16-19(27)7-13(10-25-16)21(23)24/h6-10,21H,3-5,11H2,1-2H3,(H,28,29). The van der Waals surface area contributed by atoms with Gasteiger partial charge in [0.2, 0.25) is 0 Å². The Labute approximate surface area is 176 Å². The number of carboxylic acids is 1. The van der Waals surface area contributed by atoms with E-state index in [1.54, 1.807) is 32.2 Å². The summed E-state index contributed by atoms with van der Waals surface area (Å²) in [5.74, 6) is -0.859. The van der Waals surface area contributed by atoms with Crippen molar-refractivity contribution in [1.82, 2.24) is 9.55 Å². The molecule has 0 unspecified atom stereocenters. The van der Waals surface area contributed by atoms with Crippen LogP contribution < -0.4 is 15.2 Å². The van der Waals surface area contributed by atoms with Crippen molar-refractivity contribution in [3.8, 4) is 5.75 Å². The number of ether oxygens (including phenoxy) is 1. The van der Waals surface area contributed by atoms with Gasteiger partial charge in [0, 0.05) is 48.4 Å². The van der Waals surface area contributed by atoms with Gasteiger partial charge in [-0.2, -0.15) is 0 Å². The summed E-state index contributed by atoms with van der Waals surface area (Å²) in [7, 11) is 1.63. The molecule has 0 spiro atoms. The lowest BCUT2D eigenvalue weighted by Crippen LogP contribution is -2.27. The number of alkyl halides is 2. The number of carbonyl (C=O) groups is 1. The van der Waals surface area contributed by atoms with Crippen molar-refractivity contribution in [1.29, 1.82) is 0 Å². The minimum absolute atomic E-state index is 0.170. The van der Waals surface area contributed by atoms with Crippen molar-refractivity contribution < 1.29 is 23.4 Å². The van der Waals surface area contributed by atoms with Crippen molar-refractivity contribution in [2.75, 3.05) is 18.1 Å². The Bertz CT molecular complexity index is 1240. The molecule has 31 heavy (non-hydrogen) atoms. The van der Waals surface area contributed by atoms with Gasteiger partial charge in [-0.15, -0.1) is 0 Å². The van der Waals surface area contributed by atoms with Crippen LogP contribution in [0.5, 0.6) is 5.75 Å². The van der Waals surface area contributed by atoms with E-state index < -0.39 is 19.0 Å². The van der Waals surface area contributed by atoms with Crippen LogP contribution in [0, 0.1) is 6.92 Å². The molecule has 0 saturated heterocycles. The molecule has 162 valence electrons. The lowest BCUT2D eigenvalue weighted by Gasteiger charge is -2.32. The summed E-state index contributed by atoms with van der Waals surface area (Å²) in [6, 6.07) is 6.49. The van der Waals surface area contributed by atoms with Gasteiger partial charge in [-0.25, -0.2) is 13.6 Å². The van der Waals surface area contributed by atoms with E-state index >= 15 is 0 Å². The second-order valence-corrected chi connectivity index (χ2v) is 7.54. The summed E-state index contributed by atoms with van der Waals surface area (Å²) < 4.78 is 33.6. The molecule has 0 radical (unpaired) electrons. The summed E-state index contributed by atoms with van der Waals surface area (Å²) >= 11 is 0. The molecule has 0 fully saturated rings.